The van der Waals surface area contributed by atoms with Crippen molar-refractivity contribution in [1.82, 2.24) is 9.88 Å². The molecule has 1 aliphatic rings. The van der Waals surface area contributed by atoms with Gasteiger partial charge >= 0.3 is 0 Å². The van der Waals surface area contributed by atoms with Crippen LogP contribution in [0.1, 0.15) is 27.6 Å². The molecule has 2 heterocycles. The molecule has 3 aromatic carbocycles. The molecule has 1 saturated heterocycles. The average molecular weight is 588 g/mol. The number of amides is 3. The predicted molar refractivity (Wildman–Crippen MR) is 163 cm³/mol. The number of benzene rings is 3. The first-order chi connectivity index (χ1) is 19.8. The fourth-order valence-corrected chi connectivity index (χ4v) is 4.95. The van der Waals surface area contributed by atoms with Crippen molar-refractivity contribution in [3.63, 3.8) is 0 Å². The molecule has 0 unspecified atom stereocenters. The first-order valence-electron chi connectivity index (χ1n) is 13.0. The summed E-state index contributed by atoms with van der Waals surface area (Å²) in [4.78, 5) is 46.8. The van der Waals surface area contributed by atoms with Gasteiger partial charge in [0.25, 0.3) is 11.8 Å². The minimum atomic E-state index is -0.381. The molecule has 0 bridgehead atoms. The van der Waals surface area contributed by atoms with Crippen molar-refractivity contribution in [2.45, 2.75) is 6.92 Å². The van der Waals surface area contributed by atoms with Crippen LogP contribution in [0, 0.1) is 0 Å². The van der Waals surface area contributed by atoms with Gasteiger partial charge in [0, 0.05) is 54.9 Å². The third-order valence-electron chi connectivity index (χ3n) is 6.78. The molecule has 0 saturated carbocycles. The lowest BCUT2D eigenvalue weighted by atomic mass is 10.0. The second-order valence-electron chi connectivity index (χ2n) is 9.54. The number of carbonyl (C=O) groups is 3. The summed E-state index contributed by atoms with van der Waals surface area (Å²) in [5, 5.41) is 6.44. The van der Waals surface area contributed by atoms with Crippen molar-refractivity contribution in [3.8, 4) is 11.3 Å². The zero-order valence-corrected chi connectivity index (χ0v) is 23.7. The van der Waals surface area contributed by atoms with Gasteiger partial charge in [-0.3, -0.25) is 14.4 Å². The van der Waals surface area contributed by atoms with Crippen LogP contribution in [0.2, 0.25) is 10.0 Å². The fraction of sp³-hybridized carbons (Fsp3) is 0.161. The summed E-state index contributed by atoms with van der Waals surface area (Å²) in [6, 6.07) is 24.5. The third kappa shape index (κ3) is 6.67. The Morgan fingerprint density at radius 1 is 0.780 bits per heavy atom. The summed E-state index contributed by atoms with van der Waals surface area (Å²) in [6.45, 7) is 4.12. The van der Waals surface area contributed by atoms with Gasteiger partial charge in [0.05, 0.1) is 22.0 Å². The van der Waals surface area contributed by atoms with E-state index >= 15 is 0 Å². The van der Waals surface area contributed by atoms with Gasteiger partial charge in [-0.1, -0.05) is 59.6 Å². The number of carbonyl (C=O) groups excluding carboxylic acids is 3. The molecule has 0 atom stereocenters. The van der Waals surface area contributed by atoms with E-state index in [2.05, 4.69) is 15.5 Å². The van der Waals surface area contributed by atoms with Crippen molar-refractivity contribution in [3.05, 3.63) is 106 Å². The van der Waals surface area contributed by atoms with Crippen LogP contribution in [0.15, 0.2) is 84.9 Å². The highest BCUT2D eigenvalue weighted by molar-refractivity contribution is 6.34. The number of hydrogen-bond acceptors (Lipinski definition) is 5. The minimum absolute atomic E-state index is 0.0592. The van der Waals surface area contributed by atoms with Crippen LogP contribution < -0.4 is 15.5 Å². The van der Waals surface area contributed by atoms with E-state index in [0.29, 0.717) is 64.4 Å². The molecule has 0 aliphatic carbocycles. The van der Waals surface area contributed by atoms with Gasteiger partial charge in [0.2, 0.25) is 5.91 Å². The van der Waals surface area contributed by atoms with Gasteiger partial charge in [0.15, 0.2) is 0 Å². The number of nitrogens with zero attached hydrogens (tertiary/aromatic N) is 3. The SMILES string of the molecule is CC(=O)N1CCN(c2ccc(C(=O)Nc3ccc(Cl)c(NC(=O)c4cccc(Cl)c4)c3)c(-c3ccccc3)n2)CC1. The van der Waals surface area contributed by atoms with E-state index in [1.165, 1.54) is 0 Å². The second-order valence-corrected chi connectivity index (χ2v) is 10.4. The van der Waals surface area contributed by atoms with Crippen LogP contribution in [0.4, 0.5) is 17.2 Å². The Hall–Kier alpha value is -4.40. The largest absolute Gasteiger partial charge is 0.353 e. The molecule has 0 radical (unpaired) electrons. The maximum atomic E-state index is 13.5. The van der Waals surface area contributed by atoms with Crippen LogP contribution in [-0.2, 0) is 4.79 Å². The lowest BCUT2D eigenvalue weighted by molar-refractivity contribution is -0.129. The first-order valence-corrected chi connectivity index (χ1v) is 13.8. The Morgan fingerprint density at radius 3 is 2.24 bits per heavy atom. The molecule has 5 rings (SSSR count). The molecule has 4 aromatic rings. The molecular weight excluding hydrogens is 561 g/mol. The Kier molecular flexibility index (Phi) is 8.52. The van der Waals surface area contributed by atoms with Crippen LogP contribution in [-0.4, -0.2) is 53.8 Å². The van der Waals surface area contributed by atoms with Crippen LogP contribution in [0.25, 0.3) is 11.3 Å². The quantitative estimate of drug-likeness (QED) is 0.279. The summed E-state index contributed by atoms with van der Waals surface area (Å²) < 4.78 is 0. The third-order valence-corrected chi connectivity index (χ3v) is 7.35. The van der Waals surface area contributed by atoms with E-state index < -0.39 is 0 Å². The van der Waals surface area contributed by atoms with Gasteiger partial charge in [-0.25, -0.2) is 4.98 Å². The number of hydrogen-bond donors (Lipinski definition) is 2. The lowest BCUT2D eigenvalue weighted by Crippen LogP contribution is -2.48. The molecule has 0 spiro atoms. The second kappa shape index (κ2) is 12.4. The number of piperazine rings is 1. The summed E-state index contributed by atoms with van der Waals surface area (Å²) in [5.74, 6) is 0.0528. The monoisotopic (exact) mass is 587 g/mol. The van der Waals surface area contributed by atoms with E-state index in [0.717, 1.165) is 11.4 Å². The highest BCUT2D eigenvalue weighted by Crippen LogP contribution is 2.29. The molecule has 1 aromatic heterocycles. The van der Waals surface area contributed by atoms with Crippen molar-refractivity contribution < 1.29 is 14.4 Å². The van der Waals surface area contributed by atoms with Crippen molar-refractivity contribution in [1.29, 1.82) is 0 Å². The van der Waals surface area contributed by atoms with Gasteiger partial charge in [-0.15, -0.1) is 0 Å². The van der Waals surface area contributed by atoms with E-state index in [4.69, 9.17) is 28.2 Å². The van der Waals surface area contributed by atoms with Gasteiger partial charge in [0.1, 0.15) is 5.82 Å². The Balaban J connectivity index is 1.38. The smallest absolute Gasteiger partial charge is 0.257 e. The Labute approximate surface area is 247 Å². The van der Waals surface area contributed by atoms with Gasteiger partial charge < -0.3 is 20.4 Å². The molecule has 10 heteroatoms. The molecule has 3 amide bonds. The lowest BCUT2D eigenvalue weighted by Gasteiger charge is -2.35. The van der Waals surface area contributed by atoms with Crippen molar-refractivity contribution in [2.24, 2.45) is 0 Å². The van der Waals surface area contributed by atoms with Crippen LogP contribution in [0.5, 0.6) is 0 Å². The summed E-state index contributed by atoms with van der Waals surface area (Å²) in [5.41, 5.74) is 2.90. The number of halogens is 2. The zero-order valence-electron chi connectivity index (χ0n) is 22.2. The van der Waals surface area contributed by atoms with Crippen molar-refractivity contribution in [2.75, 3.05) is 41.7 Å². The Bertz CT molecular complexity index is 1600. The van der Waals surface area contributed by atoms with E-state index in [1.54, 1.807) is 55.5 Å². The standard InChI is InChI=1S/C31H27Cl2N5O3/c1-20(39)37-14-16-38(17-15-37)28-13-11-25(29(36-28)21-6-3-2-4-7-21)31(41)34-24-10-12-26(33)27(19-24)35-30(40)22-8-5-9-23(32)18-22/h2-13,18-19H,14-17H2,1H3,(H,34,41)(H,35,40). The summed E-state index contributed by atoms with van der Waals surface area (Å²) >= 11 is 12.4. The Morgan fingerprint density at radius 2 is 1.54 bits per heavy atom. The number of pyridine rings is 1. The molecule has 8 nitrogen and oxygen atoms in total. The van der Waals surface area contributed by atoms with Gasteiger partial charge in [-0.05, 0) is 48.5 Å². The molecular formula is C31H27Cl2N5O3. The number of anilines is 3. The first kappa shape index (κ1) is 28.1. The van der Waals surface area contributed by atoms with Crippen LogP contribution >= 0.6 is 23.2 Å². The number of aromatic nitrogens is 1. The number of nitrogens with one attached hydrogen (secondary N) is 2. The van der Waals surface area contributed by atoms with E-state index in [9.17, 15) is 14.4 Å². The van der Waals surface area contributed by atoms with Gasteiger partial charge in [-0.2, -0.15) is 0 Å². The predicted octanol–water partition coefficient (Wildman–Crippen LogP) is 6.23. The topological polar surface area (TPSA) is 94.6 Å². The summed E-state index contributed by atoms with van der Waals surface area (Å²) in [7, 11) is 0. The highest BCUT2D eigenvalue weighted by Gasteiger charge is 2.22. The fourth-order valence-electron chi connectivity index (χ4n) is 4.60. The maximum Gasteiger partial charge on any atom is 0.257 e. The van der Waals surface area contributed by atoms with E-state index in [1.807, 2.05) is 41.3 Å². The molecule has 2 N–H and O–H groups in total. The van der Waals surface area contributed by atoms with E-state index in [-0.39, 0.29) is 17.7 Å². The van der Waals surface area contributed by atoms with Crippen LogP contribution in [0.3, 0.4) is 0 Å². The average Bonchev–Trinajstić information content (AvgIpc) is 2.99. The summed E-state index contributed by atoms with van der Waals surface area (Å²) in [6.07, 6.45) is 0. The molecule has 208 valence electrons. The molecule has 1 fully saturated rings. The van der Waals surface area contributed by atoms with Crippen molar-refractivity contribution >= 4 is 58.1 Å². The highest BCUT2D eigenvalue weighted by atomic mass is 35.5. The number of rotatable bonds is 6. The zero-order chi connectivity index (χ0) is 28.9. The molecule has 41 heavy (non-hydrogen) atoms. The maximum absolute atomic E-state index is 13.5. The minimum Gasteiger partial charge on any atom is -0.353 e. The molecule has 1 aliphatic heterocycles. The normalized spacial score (nSPS) is 13.0.